The van der Waals surface area contributed by atoms with Crippen molar-refractivity contribution in [2.24, 2.45) is 0 Å². The van der Waals surface area contributed by atoms with Gasteiger partial charge in [0.25, 0.3) is 0 Å². The monoisotopic (exact) mass is 192 g/mol. The molecule has 0 saturated carbocycles. The van der Waals surface area contributed by atoms with Crippen LogP contribution in [0.3, 0.4) is 0 Å². The van der Waals surface area contributed by atoms with Crippen LogP contribution in [0.25, 0.3) is 0 Å². The minimum atomic E-state index is -0.422. The molecule has 0 spiro atoms. The molecule has 2 nitrogen and oxygen atoms in total. The minimum Gasteiger partial charge on any atom is -0.390 e. The fourth-order valence-electron chi connectivity index (χ4n) is 1.40. The van der Waals surface area contributed by atoms with Gasteiger partial charge in [-0.3, -0.25) is 0 Å². The van der Waals surface area contributed by atoms with E-state index >= 15 is 0 Å². The van der Waals surface area contributed by atoms with E-state index in [1.54, 1.807) is 6.08 Å². The van der Waals surface area contributed by atoms with Crippen molar-refractivity contribution < 1.29 is 9.84 Å². The predicted molar refractivity (Wildman–Crippen MR) is 56.7 cm³/mol. The Labute approximate surface area is 85.3 Å². The zero-order chi connectivity index (χ0) is 10.2. The third-order valence-electron chi connectivity index (χ3n) is 2.17. The second-order valence-electron chi connectivity index (χ2n) is 3.28. The molecule has 0 aromatic rings. The Morgan fingerprint density at radius 2 is 2.43 bits per heavy atom. The highest BCUT2D eigenvalue weighted by Crippen LogP contribution is 2.13. The second kappa shape index (κ2) is 6.42. The average Bonchev–Trinajstić information content (AvgIpc) is 2.17. The van der Waals surface area contributed by atoms with Crippen molar-refractivity contribution in [2.75, 3.05) is 6.61 Å². The molecule has 1 aliphatic rings. The molecular formula is C12H16O2. The Hall–Kier alpha value is -1.04. The Kier molecular flexibility index (Phi) is 5.06. The summed E-state index contributed by atoms with van der Waals surface area (Å²) in [7, 11) is 0. The minimum absolute atomic E-state index is 0.121. The molecule has 2 atom stereocenters. The number of hydrogen-bond acceptors (Lipinski definition) is 2. The summed E-state index contributed by atoms with van der Waals surface area (Å²) in [6.45, 7) is 0.669. The molecule has 0 amide bonds. The van der Waals surface area contributed by atoms with Gasteiger partial charge in [-0.1, -0.05) is 24.1 Å². The highest BCUT2D eigenvalue weighted by molar-refractivity contribution is 5.09. The number of ether oxygens (including phenoxy) is 1. The molecule has 2 heteroatoms. The molecule has 0 aliphatic carbocycles. The molecule has 1 rings (SSSR count). The van der Waals surface area contributed by atoms with E-state index in [0.717, 1.165) is 6.42 Å². The quantitative estimate of drug-likeness (QED) is 0.532. The number of aliphatic hydroxyl groups excluding tert-OH is 1. The molecule has 1 heterocycles. The summed E-state index contributed by atoms with van der Waals surface area (Å²) in [5, 5.41) is 9.71. The maximum Gasteiger partial charge on any atom is 0.0871 e. The highest BCUT2D eigenvalue weighted by atomic mass is 16.5. The van der Waals surface area contributed by atoms with Crippen LogP contribution >= 0.6 is 0 Å². The number of terminal acetylenes is 1. The molecule has 0 aromatic heterocycles. The molecule has 76 valence electrons. The van der Waals surface area contributed by atoms with Gasteiger partial charge in [-0.15, -0.1) is 6.42 Å². The second-order valence-corrected chi connectivity index (χ2v) is 3.28. The van der Waals surface area contributed by atoms with E-state index in [1.165, 1.54) is 0 Å². The highest BCUT2D eigenvalue weighted by Gasteiger charge is 2.18. The molecule has 1 aliphatic heterocycles. The summed E-state index contributed by atoms with van der Waals surface area (Å²) in [5.74, 6) is 2.42. The van der Waals surface area contributed by atoms with Crippen LogP contribution in [-0.2, 0) is 4.74 Å². The van der Waals surface area contributed by atoms with Crippen molar-refractivity contribution >= 4 is 0 Å². The summed E-state index contributed by atoms with van der Waals surface area (Å²) in [6, 6.07) is 0. The van der Waals surface area contributed by atoms with Gasteiger partial charge in [-0.2, -0.15) is 0 Å². The van der Waals surface area contributed by atoms with Crippen molar-refractivity contribution in [1.82, 2.24) is 0 Å². The van der Waals surface area contributed by atoms with E-state index in [0.29, 0.717) is 19.4 Å². The van der Waals surface area contributed by atoms with Gasteiger partial charge in [-0.05, 0) is 25.3 Å². The van der Waals surface area contributed by atoms with Crippen molar-refractivity contribution in [3.05, 3.63) is 24.3 Å². The van der Waals surface area contributed by atoms with Crippen molar-refractivity contribution in [3.8, 4) is 12.3 Å². The van der Waals surface area contributed by atoms with Gasteiger partial charge in [-0.25, -0.2) is 0 Å². The molecule has 14 heavy (non-hydrogen) atoms. The van der Waals surface area contributed by atoms with Gasteiger partial charge < -0.3 is 9.84 Å². The summed E-state index contributed by atoms with van der Waals surface area (Å²) < 4.78 is 5.52. The maximum atomic E-state index is 9.71. The zero-order valence-corrected chi connectivity index (χ0v) is 8.23. The Morgan fingerprint density at radius 3 is 3.21 bits per heavy atom. The molecule has 0 fully saturated rings. The van der Waals surface area contributed by atoms with E-state index in [9.17, 15) is 5.11 Å². The van der Waals surface area contributed by atoms with Crippen molar-refractivity contribution in [3.63, 3.8) is 0 Å². The van der Waals surface area contributed by atoms with Gasteiger partial charge in [0.1, 0.15) is 0 Å². The van der Waals surface area contributed by atoms with Crippen LogP contribution in [0, 0.1) is 12.3 Å². The first-order valence-corrected chi connectivity index (χ1v) is 4.90. The standard InChI is InChI=1S/C12H16O2/c1-2-3-5-9-12-11(13)8-6-4-7-10-14-12/h1,3-6,11-13H,7-10H2/b5-3+,6-4-/t11-,12-/m0/s1. The number of hydrogen-bond donors (Lipinski definition) is 1. The third kappa shape index (κ3) is 3.78. The van der Waals surface area contributed by atoms with Crippen LogP contribution in [0.1, 0.15) is 19.3 Å². The Balaban J connectivity index is 2.44. The number of aliphatic hydroxyl groups is 1. The first kappa shape index (κ1) is 11.0. The molecule has 0 unspecified atom stereocenters. The molecule has 0 radical (unpaired) electrons. The lowest BCUT2D eigenvalue weighted by Gasteiger charge is -2.22. The third-order valence-corrected chi connectivity index (χ3v) is 2.17. The van der Waals surface area contributed by atoms with Crippen molar-refractivity contribution in [2.45, 2.75) is 31.5 Å². The summed E-state index contributed by atoms with van der Waals surface area (Å²) >= 11 is 0. The predicted octanol–water partition coefficient (Wildman–Crippen LogP) is 1.66. The van der Waals surface area contributed by atoms with Crippen LogP contribution in [-0.4, -0.2) is 23.9 Å². The molecule has 0 bridgehead atoms. The summed E-state index contributed by atoms with van der Waals surface area (Å²) in [5.41, 5.74) is 0. The zero-order valence-electron chi connectivity index (χ0n) is 8.23. The van der Waals surface area contributed by atoms with Crippen molar-refractivity contribution in [1.29, 1.82) is 0 Å². The fourth-order valence-corrected chi connectivity index (χ4v) is 1.40. The lowest BCUT2D eigenvalue weighted by Crippen LogP contribution is -2.29. The normalized spacial score (nSPS) is 30.6. The first-order chi connectivity index (χ1) is 6.84. The topological polar surface area (TPSA) is 29.5 Å². The lowest BCUT2D eigenvalue weighted by atomic mass is 10.1. The van der Waals surface area contributed by atoms with Gasteiger partial charge in [0.15, 0.2) is 0 Å². The van der Waals surface area contributed by atoms with Crippen LogP contribution in [0.4, 0.5) is 0 Å². The molecular weight excluding hydrogens is 176 g/mol. The van der Waals surface area contributed by atoms with Crippen LogP contribution in [0.5, 0.6) is 0 Å². The molecule has 0 aromatic carbocycles. The van der Waals surface area contributed by atoms with Gasteiger partial charge in [0.05, 0.1) is 18.8 Å². The van der Waals surface area contributed by atoms with Gasteiger partial charge in [0, 0.05) is 0 Å². The lowest BCUT2D eigenvalue weighted by molar-refractivity contribution is -0.0342. The van der Waals surface area contributed by atoms with E-state index in [4.69, 9.17) is 11.2 Å². The average molecular weight is 192 g/mol. The van der Waals surface area contributed by atoms with E-state index in [2.05, 4.69) is 5.92 Å². The van der Waals surface area contributed by atoms with Gasteiger partial charge >= 0.3 is 0 Å². The van der Waals surface area contributed by atoms with Crippen LogP contribution in [0.15, 0.2) is 24.3 Å². The first-order valence-electron chi connectivity index (χ1n) is 4.90. The Bertz CT molecular complexity index is 248. The Morgan fingerprint density at radius 1 is 1.57 bits per heavy atom. The maximum absolute atomic E-state index is 9.71. The van der Waals surface area contributed by atoms with Crippen LogP contribution < -0.4 is 0 Å². The SMILES string of the molecule is C#C/C=C/C[C@@H]1OCC/C=C\C[C@@H]1O. The van der Waals surface area contributed by atoms with E-state index < -0.39 is 6.10 Å². The largest absolute Gasteiger partial charge is 0.390 e. The number of allylic oxidation sites excluding steroid dienone is 1. The van der Waals surface area contributed by atoms with Crippen LogP contribution in [0.2, 0.25) is 0 Å². The molecule has 1 N–H and O–H groups in total. The van der Waals surface area contributed by atoms with Gasteiger partial charge in [0.2, 0.25) is 0 Å². The fraction of sp³-hybridized carbons (Fsp3) is 0.500. The van der Waals surface area contributed by atoms with E-state index in [1.807, 2.05) is 18.2 Å². The number of rotatable bonds is 2. The van der Waals surface area contributed by atoms with E-state index in [-0.39, 0.29) is 6.10 Å². The molecule has 0 saturated heterocycles. The summed E-state index contributed by atoms with van der Waals surface area (Å²) in [4.78, 5) is 0. The summed E-state index contributed by atoms with van der Waals surface area (Å²) in [6.07, 6.45) is 14.3. The smallest absolute Gasteiger partial charge is 0.0871 e.